The number of hydrogen-bond acceptors (Lipinski definition) is 9. The summed E-state index contributed by atoms with van der Waals surface area (Å²) in [4.78, 5) is 44.5. The first-order chi connectivity index (χ1) is 21.0. The number of halogens is 5. The zero-order chi connectivity index (χ0) is 34.2. The second-order valence-corrected chi connectivity index (χ2v) is 9.14. The predicted molar refractivity (Wildman–Crippen MR) is 152 cm³/mol. The molecule has 244 valence electrons. The van der Waals surface area contributed by atoms with E-state index >= 15 is 0 Å². The SMILES string of the molecule is CC(=O)Nc1cc(C#N)ccc1-n1nc(C(F)F)n(C)c1=O.CC(C)=O.Cn1c(C(F)F)nn(-c2ccc(C#N)cc2N)c1=O.[Cl-]. The van der Waals surface area contributed by atoms with Gasteiger partial charge in [-0.1, -0.05) is 0 Å². The average Bonchev–Trinajstić information content (AvgIpc) is 3.43. The van der Waals surface area contributed by atoms with Gasteiger partial charge in [0.1, 0.15) is 5.78 Å². The predicted octanol–water partition coefficient (Wildman–Crippen LogP) is -0.0995. The maximum absolute atomic E-state index is 12.8. The van der Waals surface area contributed by atoms with E-state index in [2.05, 4.69) is 15.5 Å². The molecular formula is C27H26ClF4N10O4-. The lowest BCUT2D eigenvalue weighted by Crippen LogP contribution is -3.00. The normalized spacial score (nSPS) is 10.0. The van der Waals surface area contributed by atoms with E-state index in [1.165, 1.54) is 71.3 Å². The lowest BCUT2D eigenvalue weighted by molar-refractivity contribution is -0.115. The fourth-order valence-electron chi connectivity index (χ4n) is 3.50. The van der Waals surface area contributed by atoms with Crippen LogP contribution in [0.4, 0.5) is 28.9 Å². The van der Waals surface area contributed by atoms with E-state index in [-0.39, 0.29) is 46.5 Å². The zero-order valence-corrected chi connectivity index (χ0v) is 25.6. The number of benzene rings is 2. The van der Waals surface area contributed by atoms with E-state index in [0.29, 0.717) is 5.56 Å². The molecule has 2 heterocycles. The Kier molecular flexibility index (Phi) is 13.6. The van der Waals surface area contributed by atoms with Gasteiger partial charge in [-0.3, -0.25) is 13.9 Å². The number of Topliss-reactive ketones (excluding diaryl/α,β-unsaturated/α-hetero) is 1. The highest BCUT2D eigenvalue weighted by atomic mass is 35.5. The first-order valence-corrected chi connectivity index (χ1v) is 12.5. The van der Waals surface area contributed by atoms with Crippen molar-refractivity contribution in [2.45, 2.75) is 33.6 Å². The fraction of sp³-hybridized carbons (Fsp3) is 0.259. The second-order valence-electron chi connectivity index (χ2n) is 9.14. The summed E-state index contributed by atoms with van der Waals surface area (Å²) in [6, 6.07) is 12.0. The zero-order valence-electron chi connectivity index (χ0n) is 24.8. The van der Waals surface area contributed by atoms with E-state index in [9.17, 15) is 36.7 Å². The van der Waals surface area contributed by atoms with Crippen LogP contribution in [-0.4, -0.2) is 40.4 Å². The number of alkyl halides is 4. The summed E-state index contributed by atoms with van der Waals surface area (Å²) < 4.78 is 54.0. The molecule has 0 fully saturated rings. The van der Waals surface area contributed by atoms with Crippen LogP contribution >= 0.6 is 0 Å². The summed E-state index contributed by atoms with van der Waals surface area (Å²) in [5, 5.41) is 27.2. The topological polar surface area (TPSA) is 199 Å². The van der Waals surface area contributed by atoms with Gasteiger partial charge in [-0.05, 0) is 50.2 Å². The van der Waals surface area contributed by atoms with Crippen LogP contribution in [0.25, 0.3) is 11.4 Å². The van der Waals surface area contributed by atoms with Crippen LogP contribution in [0.3, 0.4) is 0 Å². The van der Waals surface area contributed by atoms with Gasteiger partial charge in [0.2, 0.25) is 17.6 Å². The molecule has 46 heavy (non-hydrogen) atoms. The van der Waals surface area contributed by atoms with Crippen molar-refractivity contribution in [2.75, 3.05) is 11.1 Å². The number of ketones is 1. The second kappa shape index (κ2) is 16.4. The molecule has 0 atom stereocenters. The van der Waals surface area contributed by atoms with Gasteiger partial charge in [0.15, 0.2) is 0 Å². The standard InChI is InChI=1S/C13H11F2N5O2.C11H9F2N5O.C3H6O.ClH/c1-7(21)17-9-5-8(6-16)3-4-10(9)20-13(22)19(2)12(18-20)11(14)15;1-17-10(9(12)13)16-18(11(17)19)8-3-2-6(5-14)4-7(8)15;1-3(2)4;/h3-5,11H,1-2H3,(H,17,21);2-4,9H,15H2,1H3;1-2H3;1H/p-1. The molecule has 4 aromatic rings. The maximum atomic E-state index is 12.8. The number of hydrogen-bond donors (Lipinski definition) is 2. The van der Waals surface area contributed by atoms with Gasteiger partial charge < -0.3 is 28.3 Å². The van der Waals surface area contributed by atoms with Gasteiger partial charge in [0.05, 0.1) is 46.0 Å². The molecule has 0 spiro atoms. The van der Waals surface area contributed by atoms with Gasteiger partial charge in [0.25, 0.3) is 12.9 Å². The number of carbonyl (C=O) groups is 2. The maximum Gasteiger partial charge on any atom is 0.350 e. The fourth-order valence-corrected chi connectivity index (χ4v) is 3.50. The van der Waals surface area contributed by atoms with Crippen molar-refractivity contribution in [3.05, 3.63) is 80.1 Å². The van der Waals surface area contributed by atoms with E-state index in [1.807, 2.05) is 12.1 Å². The highest BCUT2D eigenvalue weighted by molar-refractivity contribution is 5.91. The summed E-state index contributed by atoms with van der Waals surface area (Å²) in [6.45, 7) is 4.30. The van der Waals surface area contributed by atoms with Crippen LogP contribution in [0.5, 0.6) is 0 Å². The van der Waals surface area contributed by atoms with Crippen molar-refractivity contribution < 1.29 is 39.6 Å². The number of nitrogen functional groups attached to an aromatic ring is 1. The monoisotopic (exact) mass is 665 g/mol. The number of nitrogens with zero attached hydrogens (tertiary/aromatic N) is 8. The molecule has 0 saturated carbocycles. The molecule has 0 bridgehead atoms. The van der Waals surface area contributed by atoms with E-state index in [4.69, 9.17) is 16.3 Å². The molecule has 3 N–H and O–H groups in total. The van der Waals surface area contributed by atoms with Crippen molar-refractivity contribution in [3.8, 4) is 23.5 Å². The van der Waals surface area contributed by atoms with Crippen LogP contribution in [0.2, 0.25) is 0 Å². The van der Waals surface area contributed by atoms with Crippen molar-refractivity contribution in [3.63, 3.8) is 0 Å². The number of nitriles is 2. The highest BCUT2D eigenvalue weighted by Gasteiger charge is 2.22. The molecular weight excluding hydrogens is 640 g/mol. The minimum absolute atomic E-state index is 0. The van der Waals surface area contributed by atoms with Crippen molar-refractivity contribution in [1.29, 1.82) is 10.5 Å². The molecule has 2 aromatic carbocycles. The third-order valence-corrected chi connectivity index (χ3v) is 5.47. The molecule has 0 radical (unpaired) electrons. The van der Waals surface area contributed by atoms with E-state index < -0.39 is 41.8 Å². The minimum atomic E-state index is -2.92. The molecule has 0 aliphatic rings. The van der Waals surface area contributed by atoms with Gasteiger partial charge in [-0.2, -0.15) is 19.9 Å². The highest BCUT2D eigenvalue weighted by Crippen LogP contribution is 2.22. The first kappa shape index (κ1) is 38.3. The smallest absolute Gasteiger partial charge is 0.350 e. The third-order valence-electron chi connectivity index (χ3n) is 5.47. The Morgan fingerprint density at radius 1 is 0.804 bits per heavy atom. The van der Waals surface area contributed by atoms with Crippen LogP contribution in [0.15, 0.2) is 46.0 Å². The summed E-state index contributed by atoms with van der Waals surface area (Å²) in [7, 11) is 2.38. The largest absolute Gasteiger partial charge is 1.00 e. The number of anilines is 2. The summed E-state index contributed by atoms with van der Waals surface area (Å²) in [6.07, 6.45) is -5.78. The molecule has 0 aliphatic heterocycles. The van der Waals surface area contributed by atoms with Crippen molar-refractivity contribution in [2.24, 2.45) is 14.1 Å². The molecule has 0 aliphatic carbocycles. The lowest BCUT2D eigenvalue weighted by atomic mass is 10.2. The Balaban J connectivity index is 0.000000407. The molecule has 19 heteroatoms. The first-order valence-electron chi connectivity index (χ1n) is 12.5. The average molecular weight is 666 g/mol. The molecule has 4 rings (SSSR count). The van der Waals surface area contributed by atoms with Crippen LogP contribution in [-0.2, 0) is 23.7 Å². The Labute approximate surface area is 264 Å². The number of amides is 1. The van der Waals surface area contributed by atoms with Gasteiger partial charge in [-0.15, -0.1) is 10.2 Å². The van der Waals surface area contributed by atoms with Crippen LogP contribution in [0.1, 0.15) is 56.4 Å². The van der Waals surface area contributed by atoms with Crippen molar-refractivity contribution >= 4 is 23.1 Å². The number of carbonyl (C=O) groups excluding carboxylic acids is 2. The number of nitrogens with two attached hydrogens (primary N) is 1. The molecule has 0 unspecified atom stereocenters. The Morgan fingerprint density at radius 2 is 1.20 bits per heavy atom. The third kappa shape index (κ3) is 9.13. The van der Waals surface area contributed by atoms with Crippen LogP contribution in [0, 0.1) is 22.7 Å². The number of nitrogens with one attached hydrogen (secondary N) is 1. The Morgan fingerprint density at radius 3 is 1.54 bits per heavy atom. The van der Waals surface area contributed by atoms with Crippen molar-refractivity contribution in [1.82, 2.24) is 28.7 Å². The molecule has 1 amide bonds. The van der Waals surface area contributed by atoms with Gasteiger partial charge >= 0.3 is 11.4 Å². The lowest BCUT2D eigenvalue weighted by Gasteiger charge is -2.09. The quantitative estimate of drug-likeness (QED) is 0.216. The van der Waals surface area contributed by atoms with Gasteiger partial charge in [-0.25, -0.2) is 27.2 Å². The van der Waals surface area contributed by atoms with E-state index in [0.717, 1.165) is 18.5 Å². The van der Waals surface area contributed by atoms with Gasteiger partial charge in [0, 0.05) is 21.0 Å². The van der Waals surface area contributed by atoms with Crippen LogP contribution < -0.4 is 34.8 Å². The molecule has 2 aromatic heterocycles. The summed E-state index contributed by atoms with van der Waals surface area (Å²) in [5.41, 5.74) is 5.22. The minimum Gasteiger partial charge on any atom is -1.00 e. The molecule has 14 nitrogen and oxygen atoms in total. The Hall–Kier alpha value is -5.75. The van der Waals surface area contributed by atoms with E-state index in [1.54, 1.807) is 0 Å². The summed E-state index contributed by atoms with van der Waals surface area (Å²) in [5.74, 6) is -1.61. The number of rotatable bonds is 5. The summed E-state index contributed by atoms with van der Waals surface area (Å²) >= 11 is 0. The number of aromatic nitrogens is 6. The molecule has 0 saturated heterocycles. The Bertz CT molecular complexity index is 1930.